The van der Waals surface area contributed by atoms with Gasteiger partial charge in [0.05, 0.1) is 0 Å². The average molecular weight is 939 g/mol. The Morgan fingerprint density at radius 3 is 1.50 bits per heavy atom. The number of rotatable bonds is 9. The van der Waals surface area contributed by atoms with Crippen LogP contribution >= 0.6 is 0 Å². The van der Waals surface area contributed by atoms with Crippen LogP contribution in [0.15, 0.2) is 114 Å². The molecule has 0 radical (unpaired) electrons. The van der Waals surface area contributed by atoms with Gasteiger partial charge in [-0.05, 0) is 0 Å². The van der Waals surface area contributed by atoms with Gasteiger partial charge in [0.25, 0.3) is 0 Å². The van der Waals surface area contributed by atoms with E-state index in [1.54, 1.807) is 38.2 Å². The molecular weight excluding hydrogens is 879 g/mol. The van der Waals surface area contributed by atoms with E-state index < -0.39 is 31.0 Å². The minimum absolute atomic E-state index is 0.473. The molecule has 0 spiro atoms. The second kappa shape index (κ2) is 15.5. The number of fused-ring (bicyclic) bond motifs is 5. The Kier molecular flexibility index (Phi) is 10.5. The van der Waals surface area contributed by atoms with Crippen LogP contribution in [0, 0.1) is 53.4 Å². The van der Waals surface area contributed by atoms with Crippen molar-refractivity contribution in [1.29, 1.82) is 0 Å². The van der Waals surface area contributed by atoms with Crippen LogP contribution in [0.4, 0.5) is 0 Å². The third kappa shape index (κ3) is 6.40. The van der Waals surface area contributed by atoms with Gasteiger partial charge in [-0.2, -0.15) is 0 Å². The molecule has 1 aliphatic heterocycles. The van der Waals surface area contributed by atoms with Crippen LogP contribution in [0.2, 0.25) is 0 Å². The summed E-state index contributed by atoms with van der Waals surface area (Å²) in [6, 6.07) is 41.3. The fourth-order valence-electron chi connectivity index (χ4n) is 10.9. The summed E-state index contributed by atoms with van der Waals surface area (Å²) >= 11 is -3.20. The van der Waals surface area contributed by atoms with Crippen LogP contribution in [0.25, 0.3) is 45.5 Å². The van der Waals surface area contributed by atoms with E-state index in [-0.39, 0.29) is 0 Å². The van der Waals surface area contributed by atoms with Gasteiger partial charge >= 0.3 is 361 Å². The van der Waals surface area contributed by atoms with Gasteiger partial charge in [-0.15, -0.1) is 0 Å². The van der Waals surface area contributed by atoms with Crippen LogP contribution in [0.3, 0.4) is 0 Å². The molecule has 4 unspecified atom stereocenters. The van der Waals surface area contributed by atoms with E-state index in [1.165, 1.54) is 72.3 Å². The number of allylic oxidation sites excluding steroid dienone is 2. The fourth-order valence-corrected chi connectivity index (χ4v) is 31.1. The van der Waals surface area contributed by atoms with Gasteiger partial charge in [0, 0.05) is 0 Å². The summed E-state index contributed by atoms with van der Waals surface area (Å²) in [6.45, 7) is 23.7. The van der Waals surface area contributed by atoms with Crippen LogP contribution in [0.1, 0.15) is 104 Å². The van der Waals surface area contributed by atoms with E-state index in [9.17, 15) is 0 Å². The molecule has 1 heterocycles. The molecule has 3 aliphatic rings. The van der Waals surface area contributed by atoms with Gasteiger partial charge < -0.3 is 0 Å². The molecule has 0 N–H and O–H groups in total. The van der Waals surface area contributed by atoms with Gasteiger partial charge in [0.2, 0.25) is 0 Å². The molecule has 0 nitrogen and oxygen atoms in total. The summed E-state index contributed by atoms with van der Waals surface area (Å²) in [5, 5.41) is 3.40. The second-order valence-corrected chi connectivity index (χ2v) is 29.2. The van der Waals surface area contributed by atoms with Crippen molar-refractivity contribution in [3.63, 3.8) is 0 Å². The van der Waals surface area contributed by atoms with E-state index >= 15 is 0 Å². The predicted octanol–water partition coefficient (Wildman–Crippen LogP) is 12.6. The van der Waals surface area contributed by atoms with Crippen molar-refractivity contribution in [2.75, 3.05) is 0 Å². The Bertz CT molecular complexity index is 2550. The molecule has 0 amide bonds. The summed E-state index contributed by atoms with van der Waals surface area (Å²) in [5.41, 5.74) is 26.6. The van der Waals surface area contributed by atoms with Crippen molar-refractivity contribution in [1.82, 2.24) is 0 Å². The van der Waals surface area contributed by atoms with Crippen molar-refractivity contribution >= 4 is 35.4 Å². The standard InChI is InChI=1S/2C22H25.C12H9Si.Hf/c2*1-6-15(3)19-12-18-8-7-9-20(22(18)13-19)21-11-14(2)10-16(4)17(21)5;1-3-7-11-9(5-1)10-6-2-4-8-12(10)13-11;/h2*7-13,15H,6H2,1-5H3;1-7H,13H2;. The van der Waals surface area contributed by atoms with Crippen LogP contribution in [-0.4, -0.2) is 9.52 Å². The molecule has 9 rings (SSSR count). The Hall–Kier alpha value is -4.11. The van der Waals surface area contributed by atoms with Crippen LogP contribution < -0.4 is 13.7 Å². The first-order valence-electron chi connectivity index (χ1n) is 21.9. The summed E-state index contributed by atoms with van der Waals surface area (Å²) in [4.78, 5) is 0. The molecule has 0 fully saturated rings. The number of hydrogen-bond donors (Lipinski definition) is 0. The van der Waals surface area contributed by atoms with Crippen molar-refractivity contribution in [2.45, 2.75) is 89.4 Å². The Morgan fingerprint density at radius 1 is 0.517 bits per heavy atom. The van der Waals surface area contributed by atoms with Crippen molar-refractivity contribution in [2.24, 2.45) is 11.8 Å². The van der Waals surface area contributed by atoms with Gasteiger partial charge in [0.1, 0.15) is 0 Å². The zero-order chi connectivity index (χ0) is 40.6. The third-order valence-corrected chi connectivity index (χ3v) is 30.9. The number of benzene rings is 6. The first-order chi connectivity index (χ1) is 28.0. The van der Waals surface area contributed by atoms with E-state index in [1.807, 2.05) is 3.32 Å². The summed E-state index contributed by atoms with van der Waals surface area (Å²) in [6.07, 6.45) is 7.76. The van der Waals surface area contributed by atoms with Crippen molar-refractivity contribution < 1.29 is 21.4 Å². The van der Waals surface area contributed by atoms with Crippen molar-refractivity contribution in [3.05, 3.63) is 170 Å². The molecule has 0 saturated heterocycles. The monoisotopic (exact) mass is 939 g/mol. The molecule has 0 saturated carbocycles. The SMILES string of the molecule is CCC(C)C1=Cc2c(-c3cc(C)cc(C)c3C)cccc2[CH]1[Hf]([c]1cccc2c1[SiH2]c1ccccc1-2)[CH]1C(C(C)CC)=Cc2c(-c3cc(C)cc(C)c3C)cccc21. The maximum atomic E-state index is 2.72. The first-order valence-corrected chi connectivity index (χ1v) is 29.3. The maximum absolute atomic E-state index is 3.20. The molecule has 2 heteroatoms. The predicted molar refractivity (Wildman–Crippen MR) is 252 cm³/mol. The molecule has 6 aromatic rings. The van der Waals surface area contributed by atoms with E-state index in [0.29, 0.717) is 19.2 Å². The van der Waals surface area contributed by atoms with E-state index in [4.69, 9.17) is 0 Å². The summed E-state index contributed by atoms with van der Waals surface area (Å²) < 4.78 is 2.76. The quantitative estimate of drug-likeness (QED) is 0.127. The molecule has 291 valence electrons. The zero-order valence-corrected chi connectivity index (χ0v) is 41.4. The topological polar surface area (TPSA) is 0 Å². The van der Waals surface area contributed by atoms with Gasteiger partial charge in [-0.1, -0.05) is 0 Å². The number of hydrogen-bond acceptors (Lipinski definition) is 0. The fraction of sp³-hybridized carbons (Fsp3) is 0.286. The van der Waals surface area contributed by atoms with Crippen molar-refractivity contribution in [3.8, 4) is 33.4 Å². The Balaban J connectivity index is 1.34. The minimum atomic E-state index is -3.20. The molecule has 58 heavy (non-hydrogen) atoms. The molecule has 2 aliphatic carbocycles. The summed E-state index contributed by atoms with van der Waals surface area (Å²) in [5.74, 6) is 1.02. The Morgan fingerprint density at radius 2 is 0.983 bits per heavy atom. The Labute approximate surface area is 358 Å². The van der Waals surface area contributed by atoms with Gasteiger partial charge in [0.15, 0.2) is 0 Å². The first kappa shape index (κ1) is 39.4. The van der Waals surface area contributed by atoms with E-state index in [2.05, 4.69) is 185 Å². The average Bonchev–Trinajstić information content (AvgIpc) is 3.93. The molecular formula is C56H59HfSi. The summed E-state index contributed by atoms with van der Waals surface area (Å²) in [7, 11) is -0.634. The van der Waals surface area contributed by atoms with Crippen LogP contribution in [-0.2, 0) is 21.4 Å². The normalized spacial score (nSPS) is 17.7. The van der Waals surface area contributed by atoms with E-state index in [0.717, 1.165) is 12.8 Å². The second-order valence-electron chi connectivity index (χ2n) is 18.0. The molecule has 6 aromatic carbocycles. The third-order valence-electron chi connectivity index (χ3n) is 14.5. The molecule has 0 bridgehead atoms. The van der Waals surface area contributed by atoms with Gasteiger partial charge in [-0.3, -0.25) is 0 Å². The zero-order valence-electron chi connectivity index (χ0n) is 36.4. The molecule has 0 aromatic heterocycles. The van der Waals surface area contributed by atoms with Crippen LogP contribution in [0.5, 0.6) is 0 Å². The molecule has 4 atom stereocenters. The van der Waals surface area contributed by atoms with Gasteiger partial charge in [-0.25, -0.2) is 0 Å². The number of aryl methyl sites for hydroxylation is 4.